The fourth-order valence-corrected chi connectivity index (χ4v) is 1.65. The van der Waals surface area contributed by atoms with Crippen LogP contribution in [-0.4, -0.2) is 46.6 Å². The molecule has 0 aromatic carbocycles. The number of morpholine rings is 1. The number of ether oxygens (including phenoxy) is 1. The molecule has 6 nitrogen and oxygen atoms in total. The van der Waals surface area contributed by atoms with Crippen LogP contribution in [0.1, 0.15) is 17.4 Å². The van der Waals surface area contributed by atoms with E-state index in [1.54, 1.807) is 4.90 Å². The summed E-state index contributed by atoms with van der Waals surface area (Å²) in [5.41, 5.74) is 5.77. The summed E-state index contributed by atoms with van der Waals surface area (Å²) in [6.07, 6.45) is 2.91. The zero-order valence-electron chi connectivity index (χ0n) is 9.09. The molecule has 1 aromatic rings. The first-order chi connectivity index (χ1) is 7.66. The van der Waals surface area contributed by atoms with Gasteiger partial charge in [-0.1, -0.05) is 0 Å². The van der Waals surface area contributed by atoms with Gasteiger partial charge in [-0.3, -0.25) is 9.78 Å². The third-order valence-corrected chi connectivity index (χ3v) is 2.40. The lowest BCUT2D eigenvalue weighted by atomic mass is 10.2. The van der Waals surface area contributed by atoms with Crippen LogP contribution in [0, 0.1) is 0 Å². The highest BCUT2D eigenvalue weighted by Crippen LogP contribution is 2.09. The second-order valence-electron chi connectivity index (χ2n) is 3.76. The van der Waals surface area contributed by atoms with Crippen LogP contribution in [-0.2, 0) is 4.74 Å². The second-order valence-corrected chi connectivity index (χ2v) is 3.76. The van der Waals surface area contributed by atoms with Gasteiger partial charge in [0.05, 0.1) is 25.1 Å². The van der Waals surface area contributed by atoms with Crippen molar-refractivity contribution in [2.24, 2.45) is 0 Å². The standard InChI is InChI=1S/C10H14N4O2/c1-7-6-14(2-3-16-7)10(15)8-4-12-5-9(11)13-8/h4-5,7H,2-3,6H2,1H3,(H2,11,13). The molecule has 1 fully saturated rings. The number of carbonyl (C=O) groups excluding carboxylic acids is 1. The molecule has 1 unspecified atom stereocenters. The number of hydrogen-bond acceptors (Lipinski definition) is 5. The number of carbonyl (C=O) groups is 1. The second kappa shape index (κ2) is 4.44. The number of aromatic nitrogens is 2. The van der Waals surface area contributed by atoms with Gasteiger partial charge in [-0.15, -0.1) is 0 Å². The lowest BCUT2D eigenvalue weighted by Gasteiger charge is -2.30. The highest BCUT2D eigenvalue weighted by molar-refractivity contribution is 5.92. The molecule has 0 bridgehead atoms. The van der Waals surface area contributed by atoms with Gasteiger partial charge in [0.25, 0.3) is 5.91 Å². The number of rotatable bonds is 1. The molecule has 1 amide bonds. The minimum atomic E-state index is -0.144. The van der Waals surface area contributed by atoms with Crippen molar-refractivity contribution in [3.63, 3.8) is 0 Å². The smallest absolute Gasteiger partial charge is 0.274 e. The van der Waals surface area contributed by atoms with Crippen LogP contribution >= 0.6 is 0 Å². The van der Waals surface area contributed by atoms with E-state index >= 15 is 0 Å². The predicted octanol–water partition coefficient (Wildman–Crippen LogP) is -0.0803. The lowest BCUT2D eigenvalue weighted by molar-refractivity contribution is -0.0126. The fraction of sp³-hybridized carbons (Fsp3) is 0.500. The van der Waals surface area contributed by atoms with Crippen molar-refractivity contribution in [1.82, 2.24) is 14.9 Å². The maximum Gasteiger partial charge on any atom is 0.274 e. The van der Waals surface area contributed by atoms with E-state index in [-0.39, 0.29) is 23.5 Å². The molecule has 0 aliphatic carbocycles. The Labute approximate surface area is 93.4 Å². The van der Waals surface area contributed by atoms with Gasteiger partial charge in [-0.2, -0.15) is 0 Å². The van der Waals surface area contributed by atoms with Crippen LogP contribution in [0.3, 0.4) is 0 Å². The fourth-order valence-electron chi connectivity index (χ4n) is 1.65. The Morgan fingerprint density at radius 3 is 3.12 bits per heavy atom. The summed E-state index contributed by atoms with van der Waals surface area (Å²) in [4.78, 5) is 21.5. The third kappa shape index (κ3) is 2.27. The van der Waals surface area contributed by atoms with Crippen molar-refractivity contribution in [3.8, 4) is 0 Å². The molecule has 0 radical (unpaired) electrons. The topological polar surface area (TPSA) is 81.3 Å². The number of nitrogens with two attached hydrogens (primary N) is 1. The molecule has 2 heterocycles. The Hall–Kier alpha value is -1.69. The van der Waals surface area contributed by atoms with Crippen molar-refractivity contribution >= 4 is 11.7 Å². The molecule has 1 aliphatic rings. The number of nitrogens with zero attached hydrogens (tertiary/aromatic N) is 3. The molecule has 1 aromatic heterocycles. The van der Waals surface area contributed by atoms with E-state index in [9.17, 15) is 4.79 Å². The first kappa shape index (κ1) is 10.8. The molecule has 2 N–H and O–H groups in total. The minimum absolute atomic E-state index is 0.0618. The van der Waals surface area contributed by atoms with E-state index in [1.165, 1.54) is 12.4 Å². The van der Waals surface area contributed by atoms with E-state index in [2.05, 4.69) is 9.97 Å². The molecular formula is C10H14N4O2. The van der Waals surface area contributed by atoms with Crippen molar-refractivity contribution in [2.75, 3.05) is 25.4 Å². The average molecular weight is 222 g/mol. The molecule has 6 heteroatoms. The van der Waals surface area contributed by atoms with E-state index in [4.69, 9.17) is 10.5 Å². The summed E-state index contributed by atoms with van der Waals surface area (Å²) in [5.74, 6) is 0.113. The Morgan fingerprint density at radius 2 is 2.44 bits per heavy atom. The normalized spacial score (nSPS) is 20.8. The zero-order chi connectivity index (χ0) is 11.5. The van der Waals surface area contributed by atoms with Crippen LogP contribution < -0.4 is 5.73 Å². The van der Waals surface area contributed by atoms with Gasteiger partial charge in [0, 0.05) is 13.1 Å². The van der Waals surface area contributed by atoms with Crippen molar-refractivity contribution in [3.05, 3.63) is 18.1 Å². The Balaban J connectivity index is 2.12. The number of hydrogen-bond donors (Lipinski definition) is 1. The highest BCUT2D eigenvalue weighted by atomic mass is 16.5. The molecule has 1 atom stereocenters. The lowest BCUT2D eigenvalue weighted by Crippen LogP contribution is -2.44. The highest BCUT2D eigenvalue weighted by Gasteiger charge is 2.23. The van der Waals surface area contributed by atoms with Gasteiger partial charge in [0.1, 0.15) is 11.5 Å². The van der Waals surface area contributed by atoms with Gasteiger partial charge in [-0.05, 0) is 6.92 Å². The summed E-state index contributed by atoms with van der Waals surface area (Å²) in [7, 11) is 0. The number of amides is 1. The van der Waals surface area contributed by atoms with Crippen LogP contribution in [0.25, 0.3) is 0 Å². The van der Waals surface area contributed by atoms with Crippen molar-refractivity contribution in [1.29, 1.82) is 0 Å². The predicted molar refractivity (Wildman–Crippen MR) is 57.8 cm³/mol. The maximum atomic E-state index is 12.0. The Kier molecular flexibility index (Phi) is 3.00. The molecule has 16 heavy (non-hydrogen) atoms. The van der Waals surface area contributed by atoms with E-state index in [1.807, 2.05) is 6.92 Å². The summed E-state index contributed by atoms with van der Waals surface area (Å²) < 4.78 is 5.36. The average Bonchev–Trinajstić information content (AvgIpc) is 2.28. The van der Waals surface area contributed by atoms with Crippen LogP contribution in [0.2, 0.25) is 0 Å². The van der Waals surface area contributed by atoms with E-state index in [0.717, 1.165) is 0 Å². The molecular weight excluding hydrogens is 208 g/mol. The number of nitrogen functional groups attached to an aromatic ring is 1. The Morgan fingerprint density at radius 1 is 1.62 bits per heavy atom. The molecule has 1 aliphatic heterocycles. The monoisotopic (exact) mass is 222 g/mol. The quantitative estimate of drug-likeness (QED) is 0.718. The first-order valence-electron chi connectivity index (χ1n) is 5.15. The van der Waals surface area contributed by atoms with Gasteiger partial charge >= 0.3 is 0 Å². The molecule has 0 saturated carbocycles. The Bertz CT molecular complexity index is 396. The van der Waals surface area contributed by atoms with Crippen LogP contribution in [0.15, 0.2) is 12.4 Å². The van der Waals surface area contributed by atoms with Gasteiger partial charge in [0.2, 0.25) is 0 Å². The minimum Gasteiger partial charge on any atom is -0.382 e. The maximum absolute atomic E-state index is 12.0. The summed E-state index contributed by atoms with van der Waals surface area (Å²) in [6.45, 7) is 3.65. The summed E-state index contributed by atoms with van der Waals surface area (Å²) >= 11 is 0. The molecule has 1 saturated heterocycles. The van der Waals surface area contributed by atoms with Gasteiger partial charge in [0.15, 0.2) is 0 Å². The van der Waals surface area contributed by atoms with Crippen molar-refractivity contribution < 1.29 is 9.53 Å². The first-order valence-corrected chi connectivity index (χ1v) is 5.15. The van der Waals surface area contributed by atoms with E-state index in [0.29, 0.717) is 19.7 Å². The molecule has 86 valence electrons. The van der Waals surface area contributed by atoms with Crippen LogP contribution in [0.5, 0.6) is 0 Å². The van der Waals surface area contributed by atoms with Crippen LogP contribution in [0.4, 0.5) is 5.82 Å². The number of anilines is 1. The zero-order valence-corrected chi connectivity index (χ0v) is 9.09. The van der Waals surface area contributed by atoms with Gasteiger partial charge < -0.3 is 15.4 Å². The van der Waals surface area contributed by atoms with Crippen molar-refractivity contribution in [2.45, 2.75) is 13.0 Å². The molecule has 2 rings (SSSR count). The summed E-state index contributed by atoms with van der Waals surface area (Å²) in [6, 6.07) is 0. The molecule has 0 spiro atoms. The van der Waals surface area contributed by atoms with Gasteiger partial charge in [-0.25, -0.2) is 4.98 Å². The van der Waals surface area contributed by atoms with E-state index < -0.39 is 0 Å². The largest absolute Gasteiger partial charge is 0.382 e. The SMILES string of the molecule is CC1CN(C(=O)c2cncc(N)n2)CCO1. The third-order valence-electron chi connectivity index (χ3n) is 2.40. The summed E-state index contributed by atoms with van der Waals surface area (Å²) in [5, 5.41) is 0.